The van der Waals surface area contributed by atoms with E-state index in [9.17, 15) is 14.4 Å². The summed E-state index contributed by atoms with van der Waals surface area (Å²) < 4.78 is 11.8. The summed E-state index contributed by atoms with van der Waals surface area (Å²) in [6.07, 6.45) is 1.42. The normalized spacial score (nSPS) is 10.6. The van der Waals surface area contributed by atoms with Crippen molar-refractivity contribution in [2.75, 3.05) is 19.0 Å². The van der Waals surface area contributed by atoms with Crippen LogP contribution >= 0.6 is 0 Å². The molecule has 0 bridgehead atoms. The molecule has 3 aromatic rings. The molecule has 8 heteroatoms. The van der Waals surface area contributed by atoms with Crippen molar-refractivity contribution in [3.8, 4) is 5.75 Å². The summed E-state index contributed by atoms with van der Waals surface area (Å²) in [5, 5.41) is 2.94. The van der Waals surface area contributed by atoms with E-state index in [1.807, 2.05) is 13.8 Å². The number of nitrogens with zero attached hydrogens (tertiary/aromatic N) is 2. The molecule has 3 rings (SSSR count). The van der Waals surface area contributed by atoms with Gasteiger partial charge >= 0.3 is 5.97 Å². The molecule has 1 amide bonds. The number of aryl methyl sites for hydroxylation is 2. The number of rotatable bonds is 6. The number of amides is 1. The molecule has 0 aliphatic rings. The number of anilines is 1. The minimum absolute atomic E-state index is 0.137. The van der Waals surface area contributed by atoms with Gasteiger partial charge in [0.05, 0.1) is 12.5 Å². The fraction of sp³-hybridized carbons (Fsp3) is 0.238. The molecule has 0 saturated carbocycles. The van der Waals surface area contributed by atoms with E-state index < -0.39 is 23.9 Å². The van der Waals surface area contributed by atoms with Crippen molar-refractivity contribution in [3.63, 3.8) is 0 Å². The summed E-state index contributed by atoms with van der Waals surface area (Å²) >= 11 is 0. The number of esters is 1. The van der Waals surface area contributed by atoms with Gasteiger partial charge in [0.2, 0.25) is 5.43 Å². The van der Waals surface area contributed by atoms with Crippen LogP contribution in [0.5, 0.6) is 5.75 Å². The molecule has 1 N–H and O–H groups in total. The number of methoxy groups -OCH3 is 1. The maximum absolute atomic E-state index is 12.7. The summed E-state index contributed by atoms with van der Waals surface area (Å²) in [5.74, 6) is -0.718. The van der Waals surface area contributed by atoms with E-state index in [1.54, 1.807) is 48.1 Å². The van der Waals surface area contributed by atoms with Gasteiger partial charge in [-0.2, -0.15) is 0 Å². The van der Waals surface area contributed by atoms with Crippen LogP contribution in [0, 0.1) is 6.92 Å². The average Bonchev–Trinajstić information content (AvgIpc) is 2.73. The van der Waals surface area contributed by atoms with Crippen molar-refractivity contribution in [2.45, 2.75) is 20.4 Å². The number of ether oxygens (including phenoxy) is 2. The van der Waals surface area contributed by atoms with E-state index in [0.717, 1.165) is 5.69 Å². The SMILES string of the molecule is CCn1cc(C(=O)OCC(=O)Nc2ccc(OC)cc2)c(=O)c2ccc(C)nc21. The highest BCUT2D eigenvalue weighted by atomic mass is 16.5. The molecule has 0 radical (unpaired) electrons. The van der Waals surface area contributed by atoms with Gasteiger partial charge in [0.25, 0.3) is 5.91 Å². The highest BCUT2D eigenvalue weighted by Gasteiger charge is 2.18. The zero-order chi connectivity index (χ0) is 21.0. The number of carbonyl (C=O) groups excluding carboxylic acids is 2. The molecule has 0 aliphatic carbocycles. The molecule has 2 aromatic heterocycles. The van der Waals surface area contributed by atoms with Gasteiger partial charge in [0.1, 0.15) is 17.0 Å². The Labute approximate surface area is 167 Å². The summed E-state index contributed by atoms with van der Waals surface area (Å²) in [4.78, 5) is 41.5. The standard InChI is InChI=1S/C21H21N3O5/c1-4-24-11-17(19(26)16-10-5-13(2)22-20(16)24)21(27)29-12-18(25)23-14-6-8-15(28-3)9-7-14/h5-11H,4,12H2,1-3H3,(H,23,25). The predicted molar refractivity (Wildman–Crippen MR) is 108 cm³/mol. The van der Waals surface area contributed by atoms with Crippen LogP contribution in [-0.2, 0) is 16.1 Å². The number of hydrogen-bond acceptors (Lipinski definition) is 6. The first-order valence-electron chi connectivity index (χ1n) is 9.04. The van der Waals surface area contributed by atoms with Crippen molar-refractivity contribution in [1.82, 2.24) is 9.55 Å². The molecule has 0 atom stereocenters. The van der Waals surface area contributed by atoms with E-state index in [-0.39, 0.29) is 5.56 Å². The molecule has 0 unspecified atom stereocenters. The molecular formula is C21H21N3O5. The summed E-state index contributed by atoms with van der Waals surface area (Å²) in [6, 6.07) is 10.1. The van der Waals surface area contributed by atoms with Crippen LogP contribution in [-0.4, -0.2) is 35.1 Å². The van der Waals surface area contributed by atoms with Crippen LogP contribution in [0.4, 0.5) is 5.69 Å². The monoisotopic (exact) mass is 395 g/mol. The Morgan fingerprint density at radius 2 is 1.86 bits per heavy atom. The zero-order valence-electron chi connectivity index (χ0n) is 16.4. The fourth-order valence-electron chi connectivity index (χ4n) is 2.83. The van der Waals surface area contributed by atoms with Crippen LogP contribution in [0.3, 0.4) is 0 Å². The van der Waals surface area contributed by atoms with Gasteiger partial charge in [0, 0.05) is 24.1 Å². The molecule has 0 saturated heterocycles. The maximum Gasteiger partial charge on any atom is 0.344 e. The minimum atomic E-state index is -0.857. The molecule has 0 aliphatic heterocycles. The number of pyridine rings is 2. The summed E-state index contributed by atoms with van der Waals surface area (Å²) in [7, 11) is 1.55. The predicted octanol–water partition coefficient (Wildman–Crippen LogP) is 2.53. The van der Waals surface area contributed by atoms with Crippen molar-refractivity contribution < 1.29 is 19.1 Å². The third-order valence-corrected chi connectivity index (χ3v) is 4.33. The minimum Gasteiger partial charge on any atom is -0.497 e. The van der Waals surface area contributed by atoms with Crippen LogP contribution in [0.25, 0.3) is 11.0 Å². The first-order valence-corrected chi connectivity index (χ1v) is 9.04. The lowest BCUT2D eigenvalue weighted by Gasteiger charge is -2.11. The van der Waals surface area contributed by atoms with Gasteiger partial charge in [-0.1, -0.05) is 0 Å². The second-order valence-electron chi connectivity index (χ2n) is 6.33. The number of aromatic nitrogens is 2. The van der Waals surface area contributed by atoms with E-state index in [2.05, 4.69) is 10.3 Å². The highest BCUT2D eigenvalue weighted by Crippen LogP contribution is 2.15. The van der Waals surface area contributed by atoms with Gasteiger partial charge in [-0.25, -0.2) is 9.78 Å². The second-order valence-corrected chi connectivity index (χ2v) is 6.33. The van der Waals surface area contributed by atoms with E-state index in [4.69, 9.17) is 9.47 Å². The Balaban J connectivity index is 1.74. The average molecular weight is 395 g/mol. The number of nitrogens with one attached hydrogen (secondary N) is 1. The van der Waals surface area contributed by atoms with Gasteiger partial charge in [0.15, 0.2) is 6.61 Å². The lowest BCUT2D eigenvalue weighted by Crippen LogP contribution is -2.25. The molecule has 0 fully saturated rings. The molecule has 2 heterocycles. The van der Waals surface area contributed by atoms with Gasteiger partial charge in [-0.3, -0.25) is 9.59 Å². The Morgan fingerprint density at radius 1 is 1.14 bits per heavy atom. The number of carbonyl (C=O) groups is 2. The van der Waals surface area contributed by atoms with E-state index >= 15 is 0 Å². The highest BCUT2D eigenvalue weighted by molar-refractivity contribution is 5.96. The molecule has 0 spiro atoms. The molecule has 150 valence electrons. The zero-order valence-corrected chi connectivity index (χ0v) is 16.4. The smallest absolute Gasteiger partial charge is 0.344 e. The van der Waals surface area contributed by atoms with Crippen molar-refractivity contribution >= 4 is 28.6 Å². The summed E-state index contributed by atoms with van der Waals surface area (Å²) in [6.45, 7) is 3.71. The largest absolute Gasteiger partial charge is 0.497 e. The first kappa shape index (κ1) is 20.1. The van der Waals surface area contributed by atoms with Crippen molar-refractivity contribution in [1.29, 1.82) is 0 Å². The van der Waals surface area contributed by atoms with Crippen molar-refractivity contribution in [2.24, 2.45) is 0 Å². The third-order valence-electron chi connectivity index (χ3n) is 4.33. The van der Waals surface area contributed by atoms with Crippen molar-refractivity contribution in [3.05, 3.63) is 64.1 Å². The van der Waals surface area contributed by atoms with Crippen LogP contribution in [0.1, 0.15) is 23.0 Å². The maximum atomic E-state index is 12.7. The Hall–Kier alpha value is -3.68. The number of benzene rings is 1. The molecule has 1 aromatic carbocycles. The Bertz CT molecular complexity index is 1120. The van der Waals surface area contributed by atoms with Crippen LogP contribution in [0.15, 0.2) is 47.4 Å². The number of fused-ring (bicyclic) bond motifs is 1. The topological polar surface area (TPSA) is 99.5 Å². The Morgan fingerprint density at radius 3 is 2.52 bits per heavy atom. The third kappa shape index (κ3) is 4.43. The summed E-state index contributed by atoms with van der Waals surface area (Å²) in [5.41, 5.74) is 1.20. The van der Waals surface area contributed by atoms with E-state index in [1.165, 1.54) is 6.20 Å². The molecule has 29 heavy (non-hydrogen) atoms. The fourth-order valence-corrected chi connectivity index (χ4v) is 2.83. The number of hydrogen-bond donors (Lipinski definition) is 1. The first-order chi connectivity index (χ1) is 13.9. The lowest BCUT2D eigenvalue weighted by atomic mass is 10.2. The lowest BCUT2D eigenvalue weighted by molar-refractivity contribution is -0.119. The van der Waals surface area contributed by atoms with Gasteiger partial charge in [-0.15, -0.1) is 0 Å². The molecule has 8 nitrogen and oxygen atoms in total. The second kappa shape index (κ2) is 8.55. The van der Waals surface area contributed by atoms with Gasteiger partial charge in [-0.05, 0) is 50.2 Å². The van der Waals surface area contributed by atoms with Crippen LogP contribution < -0.4 is 15.5 Å². The van der Waals surface area contributed by atoms with E-state index in [0.29, 0.717) is 29.0 Å². The molecular weight excluding hydrogens is 374 g/mol. The van der Waals surface area contributed by atoms with Crippen LogP contribution in [0.2, 0.25) is 0 Å². The Kier molecular flexibility index (Phi) is 5.92. The van der Waals surface area contributed by atoms with Gasteiger partial charge < -0.3 is 19.4 Å². The quantitative estimate of drug-likeness (QED) is 0.644.